The van der Waals surface area contributed by atoms with Crippen LogP contribution in [0.3, 0.4) is 0 Å². The number of halogens is 3. The molecule has 0 fully saturated rings. The third-order valence-electron chi connectivity index (χ3n) is 1.87. The van der Waals surface area contributed by atoms with Crippen molar-refractivity contribution in [3.05, 3.63) is 29.8 Å². The molecule has 0 aliphatic heterocycles. The Balaban J connectivity index is 2.84. The molecular weight excluding hydrogens is 392 g/mol. The van der Waals surface area contributed by atoms with Crippen LogP contribution >= 0.6 is 63.6 Å². The van der Waals surface area contributed by atoms with Crippen molar-refractivity contribution in [1.29, 1.82) is 0 Å². The molecule has 0 aliphatic carbocycles. The fourth-order valence-corrected chi connectivity index (χ4v) is 5.97. The van der Waals surface area contributed by atoms with Crippen LogP contribution in [0.2, 0.25) is 0 Å². The van der Waals surface area contributed by atoms with Gasteiger partial charge in [-0.2, -0.15) is 0 Å². The predicted octanol–water partition coefficient (Wildman–Crippen LogP) is 3.45. The molecule has 12 heteroatoms. The zero-order valence-corrected chi connectivity index (χ0v) is 14.7. The summed E-state index contributed by atoms with van der Waals surface area (Å²) in [5.41, 5.74) is -2.75. The second-order valence-corrected chi connectivity index (χ2v) is 13.6. The number of hydrogen-bond acceptors (Lipinski definition) is 6. The van der Waals surface area contributed by atoms with Crippen LogP contribution in [0.15, 0.2) is 29.2 Å². The van der Waals surface area contributed by atoms with Gasteiger partial charge >= 0.3 is 5.70 Å². The molecule has 0 saturated heterocycles. The molecule has 0 spiro atoms. The van der Waals surface area contributed by atoms with Gasteiger partial charge < -0.3 is 4.55 Å². The first kappa shape index (κ1) is 18.3. The average Bonchev–Trinajstić information content (AvgIpc) is 2.37. The van der Waals surface area contributed by atoms with Crippen LogP contribution in [0.25, 0.3) is 0 Å². The Morgan fingerprint density at radius 1 is 1.21 bits per heavy atom. The third kappa shape index (κ3) is 5.48. The maximum absolute atomic E-state index is 11.9. The van der Waals surface area contributed by atoms with Gasteiger partial charge in [-0.1, -0.05) is 39.3 Å². The SMILES string of the molecule is NSP(=O)(N[S+]([O-])c1ccc(C(Cl)(Cl)Cl)cc1)SN. The highest BCUT2D eigenvalue weighted by Crippen LogP contribution is 2.61. The van der Waals surface area contributed by atoms with E-state index in [-0.39, 0.29) is 0 Å². The predicted molar refractivity (Wildman–Crippen MR) is 86.4 cm³/mol. The standard InChI is InChI=1S/C7H9Cl3N3O2PS3/c8-7(9,10)5-1-3-6(4-2-5)19(15)13-16(14,17-11)18-12/h1-4H,11-12H2,(H,13,14). The molecule has 0 bridgehead atoms. The molecule has 1 unspecified atom stereocenters. The monoisotopic (exact) mass is 399 g/mol. The first-order chi connectivity index (χ1) is 8.72. The van der Waals surface area contributed by atoms with Gasteiger partial charge in [0.1, 0.15) is 0 Å². The van der Waals surface area contributed by atoms with Gasteiger partial charge in [0.15, 0.2) is 4.90 Å². The van der Waals surface area contributed by atoms with Crippen molar-refractivity contribution in [1.82, 2.24) is 4.49 Å². The minimum absolute atomic E-state index is 0.362. The fraction of sp³-hybridized carbons (Fsp3) is 0.143. The van der Waals surface area contributed by atoms with E-state index in [1.54, 1.807) is 0 Å². The number of alkyl halides is 3. The van der Waals surface area contributed by atoms with Crippen LogP contribution in [0, 0.1) is 0 Å². The molecule has 1 aromatic rings. The van der Waals surface area contributed by atoms with Gasteiger partial charge in [-0.15, -0.1) is 0 Å². The van der Waals surface area contributed by atoms with Crippen LogP contribution in [0.1, 0.15) is 5.56 Å². The van der Waals surface area contributed by atoms with Crippen molar-refractivity contribution in [3.8, 4) is 0 Å². The Bertz CT molecular complexity index is 465. The zero-order chi connectivity index (χ0) is 14.7. The van der Waals surface area contributed by atoms with E-state index in [1.807, 2.05) is 0 Å². The summed E-state index contributed by atoms with van der Waals surface area (Å²) in [7, 11) is 0. The van der Waals surface area contributed by atoms with Gasteiger partial charge in [0, 0.05) is 28.7 Å². The second kappa shape index (κ2) is 7.47. The zero-order valence-electron chi connectivity index (χ0n) is 9.09. The Kier molecular flexibility index (Phi) is 7.17. The Hall–Kier alpha value is 1.21. The summed E-state index contributed by atoms with van der Waals surface area (Å²) < 4.78 is 24.6. The minimum Gasteiger partial charge on any atom is -0.593 e. The van der Waals surface area contributed by atoms with Crippen molar-refractivity contribution in [2.45, 2.75) is 8.69 Å². The van der Waals surface area contributed by atoms with Crippen LogP contribution in [-0.4, -0.2) is 4.55 Å². The summed E-state index contributed by atoms with van der Waals surface area (Å²) >= 11 is 16.4. The minimum atomic E-state index is -3.19. The maximum atomic E-state index is 11.9. The molecule has 19 heavy (non-hydrogen) atoms. The molecule has 1 aromatic carbocycles. The molecule has 5 N–H and O–H groups in total. The van der Waals surface area contributed by atoms with Gasteiger partial charge in [0.25, 0.3) is 0 Å². The van der Waals surface area contributed by atoms with Gasteiger partial charge in [0.2, 0.25) is 3.79 Å². The van der Waals surface area contributed by atoms with E-state index in [0.717, 1.165) is 0 Å². The molecule has 0 heterocycles. The molecule has 0 aliphatic rings. The van der Waals surface area contributed by atoms with Crippen LogP contribution < -0.4 is 14.8 Å². The van der Waals surface area contributed by atoms with Crippen molar-refractivity contribution < 1.29 is 9.12 Å². The van der Waals surface area contributed by atoms with E-state index in [9.17, 15) is 9.12 Å². The summed E-state index contributed by atoms with van der Waals surface area (Å²) in [4.78, 5) is 0.362. The van der Waals surface area contributed by atoms with Crippen LogP contribution in [0.5, 0.6) is 0 Å². The number of hydrogen-bond donors (Lipinski definition) is 3. The van der Waals surface area contributed by atoms with Gasteiger partial charge in [-0.05, 0) is 24.3 Å². The summed E-state index contributed by atoms with van der Waals surface area (Å²) in [6, 6.07) is 6.01. The lowest BCUT2D eigenvalue weighted by Gasteiger charge is -2.16. The van der Waals surface area contributed by atoms with Gasteiger partial charge in [-0.3, -0.25) is 14.8 Å². The highest BCUT2D eigenvalue weighted by molar-refractivity contribution is 8.89. The summed E-state index contributed by atoms with van der Waals surface area (Å²) in [6.07, 6.45) is 0. The molecule has 0 radical (unpaired) electrons. The largest absolute Gasteiger partial charge is 0.593 e. The number of rotatable bonds is 5. The quantitative estimate of drug-likeness (QED) is 0.301. The van der Waals surface area contributed by atoms with Gasteiger partial charge in [0.05, 0.1) is 11.4 Å². The molecule has 5 nitrogen and oxygen atoms in total. The first-order valence-electron chi connectivity index (χ1n) is 4.46. The summed E-state index contributed by atoms with van der Waals surface area (Å²) in [5.74, 6) is 0. The van der Waals surface area contributed by atoms with E-state index in [2.05, 4.69) is 4.49 Å². The lowest BCUT2D eigenvalue weighted by molar-refractivity contribution is 0.579. The van der Waals surface area contributed by atoms with E-state index >= 15 is 0 Å². The smallest absolute Gasteiger partial charge is 0.323 e. The molecular formula is C7H9Cl3N3O2PS3. The molecule has 0 saturated carbocycles. The van der Waals surface area contributed by atoms with Crippen molar-refractivity contribution >= 4 is 75.0 Å². The van der Waals surface area contributed by atoms with Crippen LogP contribution in [-0.2, 0) is 19.7 Å². The topological polar surface area (TPSA) is 104 Å². The van der Waals surface area contributed by atoms with Crippen LogP contribution in [0.4, 0.5) is 0 Å². The van der Waals surface area contributed by atoms with E-state index in [4.69, 9.17) is 45.1 Å². The van der Waals surface area contributed by atoms with Crippen molar-refractivity contribution in [3.63, 3.8) is 0 Å². The first-order valence-corrected chi connectivity index (χ1v) is 11.4. The maximum Gasteiger partial charge on any atom is 0.323 e. The van der Waals surface area contributed by atoms with Crippen molar-refractivity contribution in [2.24, 2.45) is 10.3 Å². The summed E-state index contributed by atoms with van der Waals surface area (Å²) in [6.45, 7) is 0. The van der Waals surface area contributed by atoms with E-state index in [1.165, 1.54) is 24.3 Å². The van der Waals surface area contributed by atoms with E-state index in [0.29, 0.717) is 33.6 Å². The van der Waals surface area contributed by atoms with Crippen molar-refractivity contribution in [2.75, 3.05) is 0 Å². The van der Waals surface area contributed by atoms with E-state index < -0.39 is 20.9 Å². The molecule has 1 rings (SSSR count). The molecule has 108 valence electrons. The molecule has 1 atom stereocenters. The molecule has 0 aromatic heterocycles. The number of benzene rings is 1. The third-order valence-corrected chi connectivity index (χ3v) is 9.89. The highest BCUT2D eigenvalue weighted by atomic mass is 35.6. The second-order valence-electron chi connectivity index (χ2n) is 3.09. The fourth-order valence-electron chi connectivity index (χ4n) is 0.990. The Labute approximate surface area is 137 Å². The number of nitrogens with two attached hydrogens (primary N) is 2. The Morgan fingerprint density at radius 3 is 2.05 bits per heavy atom. The average molecular weight is 401 g/mol. The number of nitrogens with one attached hydrogen (secondary N) is 1. The lowest BCUT2D eigenvalue weighted by atomic mass is 10.2. The molecule has 0 amide bonds. The lowest BCUT2D eigenvalue weighted by Crippen LogP contribution is -2.20. The highest BCUT2D eigenvalue weighted by Gasteiger charge is 2.30. The normalized spacial score (nSPS) is 14.4. The summed E-state index contributed by atoms with van der Waals surface area (Å²) in [5, 5.41) is 10.5. The van der Waals surface area contributed by atoms with Gasteiger partial charge in [-0.25, -0.2) is 0 Å². The Morgan fingerprint density at radius 2 is 1.68 bits per heavy atom.